The molecule has 7 atom stereocenters. The number of nitrogens with zero attached hydrogens (tertiary/aromatic N) is 4. The number of halogens is 3. The van der Waals surface area contributed by atoms with Crippen LogP contribution in [0, 0.1) is 17.8 Å². The zero-order valence-electron chi connectivity index (χ0n) is 35.3. The minimum Gasteiger partial charge on any atom is -0.481 e. The molecule has 336 valence electrons. The molecule has 6 rings (SSSR count). The van der Waals surface area contributed by atoms with Gasteiger partial charge in [-0.1, -0.05) is 32.4 Å². The third-order valence-corrected chi connectivity index (χ3v) is 14.3. The Hall–Kier alpha value is -4.95. The molecule has 0 spiro atoms. The molecule has 2 saturated carbocycles. The number of alkyl halides is 3. The second kappa shape index (κ2) is 17.1. The van der Waals surface area contributed by atoms with Crippen molar-refractivity contribution in [2.24, 2.45) is 17.8 Å². The number of hydrogen-bond donors (Lipinski definition) is 3. The number of sulfonamides is 1. The first kappa shape index (κ1) is 45.6. The van der Waals surface area contributed by atoms with Crippen LogP contribution in [0.5, 0.6) is 17.6 Å². The fourth-order valence-corrected chi connectivity index (χ4v) is 9.06. The number of carbonyl (C=O) groups excluding carboxylic acids is 4. The van der Waals surface area contributed by atoms with Gasteiger partial charge in [-0.25, -0.2) is 28.2 Å². The normalized spacial score (nSPS) is 28.5. The predicted molar refractivity (Wildman–Crippen MR) is 213 cm³/mol. The Kier molecular flexibility index (Phi) is 12.8. The molecule has 0 aromatic carbocycles. The Balaban J connectivity index is 1.38. The average Bonchev–Trinajstić information content (AvgIpc) is 4.07. The molecule has 2 aliphatic carbocycles. The number of hydrogen-bond acceptors (Lipinski definition) is 13. The fourth-order valence-electron chi connectivity index (χ4n) is 7.75. The Morgan fingerprint density at radius 1 is 1.08 bits per heavy atom. The van der Waals surface area contributed by atoms with Crippen LogP contribution in [0.3, 0.4) is 0 Å². The van der Waals surface area contributed by atoms with Crippen LogP contribution < -0.4 is 29.6 Å². The molecule has 2 aliphatic heterocycles. The molecule has 0 radical (unpaired) electrons. The van der Waals surface area contributed by atoms with Gasteiger partial charge in [0.25, 0.3) is 17.7 Å². The number of rotatable bonds is 11. The van der Waals surface area contributed by atoms with Gasteiger partial charge in [-0.2, -0.15) is 13.2 Å². The van der Waals surface area contributed by atoms with Gasteiger partial charge in [-0.05, 0) is 78.1 Å². The summed E-state index contributed by atoms with van der Waals surface area (Å²) < 4.78 is 91.2. The summed E-state index contributed by atoms with van der Waals surface area (Å²) in [7, 11) is -2.66. The van der Waals surface area contributed by atoms with Crippen LogP contribution in [0.25, 0.3) is 11.0 Å². The minimum absolute atomic E-state index is 0.00751. The van der Waals surface area contributed by atoms with Gasteiger partial charge >= 0.3 is 12.3 Å². The zero-order valence-corrected chi connectivity index (χ0v) is 36.1. The minimum atomic E-state index is -4.93. The van der Waals surface area contributed by atoms with E-state index >= 15 is 0 Å². The molecule has 3 N–H and O–H groups in total. The maximum Gasteiger partial charge on any atom is 0.427 e. The van der Waals surface area contributed by atoms with E-state index in [4.69, 9.17) is 18.9 Å². The number of alkyl carbamates (subject to hydrolysis) is 1. The number of carbonyl (C=O) groups is 4. The average molecular weight is 882 g/mol. The van der Waals surface area contributed by atoms with Gasteiger partial charge in [0.05, 0.1) is 36.7 Å². The number of nitrogens with one attached hydrogen (secondary N) is 3. The first-order valence-corrected chi connectivity index (χ1v) is 22.0. The molecule has 2 aromatic rings. The number of aromatic nitrogens is 3. The summed E-state index contributed by atoms with van der Waals surface area (Å²) in [6, 6.07) is -1.30. The van der Waals surface area contributed by atoms with E-state index in [9.17, 15) is 40.8 Å². The monoisotopic (exact) mass is 881 g/mol. The fraction of sp³-hybridized carbons (Fsp3) is 0.675. The van der Waals surface area contributed by atoms with Gasteiger partial charge in [0.1, 0.15) is 29.2 Å². The largest absolute Gasteiger partial charge is 0.481 e. The van der Waals surface area contributed by atoms with E-state index < -0.39 is 85.9 Å². The summed E-state index contributed by atoms with van der Waals surface area (Å²) in [4.78, 5) is 71.2. The molecule has 1 saturated heterocycles. The quantitative estimate of drug-likeness (QED) is 0.266. The molecule has 4 heterocycles. The van der Waals surface area contributed by atoms with Crippen molar-refractivity contribution in [1.29, 1.82) is 0 Å². The molecule has 61 heavy (non-hydrogen) atoms. The molecule has 2 aromatic heterocycles. The Morgan fingerprint density at radius 3 is 2.43 bits per heavy atom. The zero-order chi connectivity index (χ0) is 44.7. The highest BCUT2D eigenvalue weighted by molar-refractivity contribution is 7.91. The Bertz CT molecular complexity index is 2170. The molecule has 1 unspecified atom stereocenters. The van der Waals surface area contributed by atoms with E-state index in [0.717, 1.165) is 4.90 Å². The summed E-state index contributed by atoms with van der Waals surface area (Å²) in [5, 5.41) is 5.20. The van der Waals surface area contributed by atoms with E-state index in [1.165, 1.54) is 20.2 Å². The molecule has 0 bridgehead atoms. The van der Waals surface area contributed by atoms with Crippen molar-refractivity contribution in [3.63, 3.8) is 0 Å². The van der Waals surface area contributed by atoms with Gasteiger partial charge < -0.3 is 34.5 Å². The second-order valence-corrected chi connectivity index (χ2v) is 19.4. The van der Waals surface area contributed by atoms with E-state index in [2.05, 4.69) is 30.3 Å². The summed E-state index contributed by atoms with van der Waals surface area (Å²) in [5.41, 5.74) is -3.90. The van der Waals surface area contributed by atoms with E-state index in [1.54, 1.807) is 26.0 Å². The number of pyridine rings is 1. The van der Waals surface area contributed by atoms with E-state index in [-0.39, 0.29) is 49.6 Å². The topological polar surface area (TPSA) is 217 Å². The second-order valence-electron chi connectivity index (χ2n) is 17.2. The van der Waals surface area contributed by atoms with Crippen molar-refractivity contribution in [3.8, 4) is 17.6 Å². The lowest BCUT2D eigenvalue weighted by Crippen LogP contribution is -2.60. The first-order chi connectivity index (χ1) is 28.6. The van der Waals surface area contributed by atoms with Crippen molar-refractivity contribution in [3.05, 3.63) is 24.4 Å². The highest BCUT2D eigenvalue weighted by Crippen LogP contribution is 2.48. The van der Waals surface area contributed by atoms with Crippen molar-refractivity contribution < 1.29 is 59.7 Å². The van der Waals surface area contributed by atoms with Gasteiger partial charge in [-0.15, -0.1) is 0 Å². The standard InChI is InChI=1S/C40H54F3N7O10S/c1-8-23-16-22(3)12-10-11-13-24-19-39(24,35(53)49-61(55,56)38(6)14-15-38)48-31(51)28-17-25(21-50(28)34(52)30(23)47-36(54)60-37(4,5)40(41,42)43)59-33-32(58-9-2)45-26-18-29(57-7)44-20-27(26)46-33/h11,13,18,20,22-25,28,30H,8-10,12,14-17,19,21H2,1-7H3,(H,47,54)(H,48,51)(H,49,53)/b13-11-/t22-,23-,24?,25-,28+,30+,39-/m1/s1. The van der Waals surface area contributed by atoms with Crippen LogP contribution in [-0.2, 0) is 29.1 Å². The van der Waals surface area contributed by atoms with Crippen LogP contribution in [-0.4, -0.2) is 113 Å². The number of allylic oxidation sites excluding steroid dienone is 1. The lowest BCUT2D eigenvalue weighted by atomic mass is 9.85. The van der Waals surface area contributed by atoms with Crippen molar-refractivity contribution in [2.45, 2.75) is 133 Å². The van der Waals surface area contributed by atoms with Gasteiger partial charge in [0.15, 0.2) is 0 Å². The van der Waals surface area contributed by atoms with Gasteiger partial charge in [-0.3, -0.25) is 19.1 Å². The van der Waals surface area contributed by atoms with Crippen LogP contribution in [0.1, 0.15) is 92.9 Å². The third kappa shape index (κ3) is 9.60. The molecule has 4 amide bonds. The number of amides is 4. The molecular formula is C40H54F3N7O10S. The summed E-state index contributed by atoms with van der Waals surface area (Å²) in [5.74, 6) is -3.61. The summed E-state index contributed by atoms with van der Waals surface area (Å²) >= 11 is 0. The van der Waals surface area contributed by atoms with E-state index in [0.29, 0.717) is 63.4 Å². The number of methoxy groups -OCH3 is 1. The van der Waals surface area contributed by atoms with Crippen LogP contribution in [0.2, 0.25) is 0 Å². The smallest absolute Gasteiger partial charge is 0.427 e. The molecular weight excluding hydrogens is 828 g/mol. The molecule has 21 heteroatoms. The lowest BCUT2D eigenvalue weighted by molar-refractivity contribution is -0.244. The number of ether oxygens (including phenoxy) is 4. The van der Waals surface area contributed by atoms with Crippen LogP contribution in [0.4, 0.5) is 18.0 Å². The molecule has 17 nitrogen and oxygen atoms in total. The maximum atomic E-state index is 15.0. The first-order valence-electron chi connectivity index (χ1n) is 20.5. The lowest BCUT2D eigenvalue weighted by Gasteiger charge is -2.35. The maximum absolute atomic E-state index is 15.0. The van der Waals surface area contributed by atoms with Gasteiger partial charge in [0.2, 0.25) is 33.3 Å². The van der Waals surface area contributed by atoms with E-state index in [1.807, 2.05) is 13.0 Å². The summed E-state index contributed by atoms with van der Waals surface area (Å²) in [6.45, 7) is 8.23. The SMILES string of the molecule is CCOc1nc2cc(OC)ncc2nc1O[C@@H]1C[C@H]2C(=O)N[C@]3(C(=O)NS(=O)(=O)C4(C)CC4)CC3/C=C\CC[C@@H](C)C[C@@H](CC)[C@H](NC(=O)OC(C)(C)C(F)(F)F)C(=O)N2C1. The van der Waals surface area contributed by atoms with Crippen molar-refractivity contribution in [1.82, 2.24) is 35.2 Å². The Morgan fingerprint density at radius 2 is 1.79 bits per heavy atom. The molecule has 3 fully saturated rings. The number of fused-ring (bicyclic) bond motifs is 3. The summed E-state index contributed by atoms with van der Waals surface area (Å²) in [6.07, 6.45) is 0.0681. The van der Waals surface area contributed by atoms with Gasteiger partial charge in [0, 0.05) is 18.4 Å². The van der Waals surface area contributed by atoms with Crippen molar-refractivity contribution >= 4 is 44.9 Å². The highest BCUT2D eigenvalue weighted by Gasteiger charge is 2.63. The van der Waals surface area contributed by atoms with Crippen LogP contribution >= 0.6 is 0 Å². The van der Waals surface area contributed by atoms with Crippen molar-refractivity contribution in [2.75, 3.05) is 20.3 Å². The van der Waals surface area contributed by atoms with Crippen LogP contribution in [0.15, 0.2) is 24.4 Å². The third-order valence-electron chi connectivity index (χ3n) is 12.1. The highest BCUT2D eigenvalue weighted by atomic mass is 32.2. The Labute approximate surface area is 352 Å². The molecule has 4 aliphatic rings. The predicted octanol–water partition coefficient (Wildman–Crippen LogP) is 4.49.